The highest BCUT2D eigenvalue weighted by atomic mass is 16.5. The Morgan fingerprint density at radius 1 is 1.25 bits per heavy atom. The van der Waals surface area contributed by atoms with E-state index in [1.54, 1.807) is 18.0 Å². The highest BCUT2D eigenvalue weighted by Crippen LogP contribution is 2.23. The van der Waals surface area contributed by atoms with Crippen molar-refractivity contribution in [2.45, 2.75) is 37.8 Å². The van der Waals surface area contributed by atoms with Gasteiger partial charge in [0.15, 0.2) is 5.82 Å². The lowest BCUT2D eigenvalue weighted by molar-refractivity contribution is 0.0682. The Bertz CT molecular complexity index is 515. The van der Waals surface area contributed by atoms with Gasteiger partial charge in [0, 0.05) is 25.5 Å². The van der Waals surface area contributed by atoms with Gasteiger partial charge in [0.25, 0.3) is 0 Å². The minimum Gasteiger partial charge on any atom is -0.381 e. The van der Waals surface area contributed by atoms with Crippen molar-refractivity contribution >= 4 is 5.69 Å². The molecule has 0 saturated heterocycles. The molecule has 3 rings (SSSR count). The first-order valence-electron chi connectivity index (χ1n) is 7.10. The molecule has 2 aromatic heterocycles. The maximum atomic E-state index is 5.40. The van der Waals surface area contributed by atoms with Gasteiger partial charge in [-0.25, -0.2) is 9.67 Å². The number of anilines is 1. The fourth-order valence-corrected chi connectivity index (χ4v) is 2.69. The van der Waals surface area contributed by atoms with Crippen LogP contribution in [0.3, 0.4) is 0 Å². The number of methoxy groups -OCH3 is 1. The van der Waals surface area contributed by atoms with E-state index in [-0.39, 0.29) is 0 Å². The lowest BCUT2D eigenvalue weighted by Crippen LogP contribution is -2.29. The summed E-state index contributed by atoms with van der Waals surface area (Å²) in [5.41, 5.74) is 1.07. The molecule has 1 fully saturated rings. The number of rotatable bonds is 4. The Hall–Kier alpha value is -1.88. The average molecular weight is 272 g/mol. The van der Waals surface area contributed by atoms with Crippen molar-refractivity contribution in [3.8, 4) is 5.82 Å². The van der Waals surface area contributed by atoms with E-state index in [1.165, 1.54) is 0 Å². The highest BCUT2D eigenvalue weighted by molar-refractivity contribution is 5.44. The Kier molecular flexibility index (Phi) is 3.97. The molecule has 5 nitrogen and oxygen atoms in total. The molecule has 0 atom stereocenters. The van der Waals surface area contributed by atoms with E-state index in [2.05, 4.69) is 21.5 Å². The van der Waals surface area contributed by atoms with Crippen LogP contribution in [0, 0.1) is 0 Å². The van der Waals surface area contributed by atoms with Crippen LogP contribution in [-0.4, -0.2) is 34.0 Å². The maximum Gasteiger partial charge on any atom is 0.153 e. The van der Waals surface area contributed by atoms with Gasteiger partial charge in [-0.2, -0.15) is 5.10 Å². The second-order valence-corrected chi connectivity index (χ2v) is 5.21. The van der Waals surface area contributed by atoms with Gasteiger partial charge in [0.1, 0.15) is 0 Å². The number of hydrogen-bond acceptors (Lipinski definition) is 4. The fourth-order valence-electron chi connectivity index (χ4n) is 2.69. The van der Waals surface area contributed by atoms with E-state index in [4.69, 9.17) is 4.74 Å². The Labute approximate surface area is 119 Å². The maximum absolute atomic E-state index is 5.40. The topological polar surface area (TPSA) is 52.0 Å². The van der Waals surface area contributed by atoms with Gasteiger partial charge in [-0.15, -0.1) is 0 Å². The van der Waals surface area contributed by atoms with E-state index in [1.807, 2.05) is 24.5 Å². The standard InChI is InChI=1S/C15H20N4O/c1-20-14-6-3-12(4-7-14)18-13-5-8-15(16-11-13)19-10-2-9-17-19/h2,5,8-12,14,18H,3-4,6-7H2,1H3. The summed E-state index contributed by atoms with van der Waals surface area (Å²) in [6, 6.07) is 6.46. The normalized spacial score (nSPS) is 22.6. The van der Waals surface area contributed by atoms with Crippen LogP contribution < -0.4 is 5.32 Å². The van der Waals surface area contributed by atoms with Crippen molar-refractivity contribution < 1.29 is 4.74 Å². The molecule has 20 heavy (non-hydrogen) atoms. The average Bonchev–Trinajstić information content (AvgIpc) is 3.03. The van der Waals surface area contributed by atoms with Crippen LogP contribution in [0.5, 0.6) is 0 Å². The van der Waals surface area contributed by atoms with Gasteiger partial charge in [0.05, 0.1) is 18.0 Å². The van der Waals surface area contributed by atoms with E-state index >= 15 is 0 Å². The Morgan fingerprint density at radius 2 is 2.10 bits per heavy atom. The van der Waals surface area contributed by atoms with Gasteiger partial charge in [-0.05, 0) is 43.9 Å². The molecule has 106 valence electrons. The predicted octanol–water partition coefficient (Wildman–Crippen LogP) is 2.64. The van der Waals surface area contributed by atoms with Gasteiger partial charge >= 0.3 is 0 Å². The molecular formula is C15H20N4O. The second-order valence-electron chi connectivity index (χ2n) is 5.21. The summed E-state index contributed by atoms with van der Waals surface area (Å²) < 4.78 is 7.15. The largest absolute Gasteiger partial charge is 0.381 e. The van der Waals surface area contributed by atoms with Crippen molar-refractivity contribution in [3.05, 3.63) is 36.8 Å². The molecule has 2 heterocycles. The molecule has 0 bridgehead atoms. The Morgan fingerprint density at radius 3 is 2.70 bits per heavy atom. The predicted molar refractivity (Wildman–Crippen MR) is 78.0 cm³/mol. The van der Waals surface area contributed by atoms with E-state index in [0.717, 1.165) is 37.2 Å². The first-order valence-corrected chi connectivity index (χ1v) is 7.10. The van der Waals surface area contributed by atoms with Crippen molar-refractivity contribution in [3.63, 3.8) is 0 Å². The third-order valence-corrected chi connectivity index (χ3v) is 3.87. The van der Waals surface area contributed by atoms with Crippen LogP contribution in [0.1, 0.15) is 25.7 Å². The molecule has 0 unspecified atom stereocenters. The van der Waals surface area contributed by atoms with E-state index in [9.17, 15) is 0 Å². The summed E-state index contributed by atoms with van der Waals surface area (Å²) in [5.74, 6) is 0.837. The van der Waals surface area contributed by atoms with Crippen LogP contribution in [0.25, 0.3) is 5.82 Å². The number of nitrogens with one attached hydrogen (secondary N) is 1. The second kappa shape index (κ2) is 6.05. The summed E-state index contributed by atoms with van der Waals surface area (Å²) in [5, 5.41) is 7.72. The van der Waals surface area contributed by atoms with Crippen LogP contribution in [0.4, 0.5) is 5.69 Å². The van der Waals surface area contributed by atoms with E-state index in [0.29, 0.717) is 12.1 Å². The molecule has 1 aliphatic carbocycles. The van der Waals surface area contributed by atoms with Crippen LogP contribution >= 0.6 is 0 Å². The van der Waals surface area contributed by atoms with Crippen molar-refractivity contribution in [1.82, 2.24) is 14.8 Å². The zero-order chi connectivity index (χ0) is 13.8. The first kappa shape index (κ1) is 13.1. The minimum absolute atomic E-state index is 0.438. The zero-order valence-electron chi connectivity index (χ0n) is 11.7. The molecule has 5 heteroatoms. The summed E-state index contributed by atoms with van der Waals surface area (Å²) in [4.78, 5) is 4.43. The lowest BCUT2D eigenvalue weighted by Gasteiger charge is -2.28. The smallest absolute Gasteiger partial charge is 0.153 e. The monoisotopic (exact) mass is 272 g/mol. The van der Waals surface area contributed by atoms with Crippen LogP contribution in [-0.2, 0) is 4.74 Å². The van der Waals surface area contributed by atoms with Gasteiger partial charge in [-0.3, -0.25) is 0 Å². The quantitative estimate of drug-likeness (QED) is 0.929. The SMILES string of the molecule is COC1CCC(Nc2ccc(-n3cccn3)nc2)CC1. The number of hydrogen-bond donors (Lipinski definition) is 1. The van der Waals surface area contributed by atoms with Gasteiger partial charge in [0.2, 0.25) is 0 Å². The zero-order valence-corrected chi connectivity index (χ0v) is 11.7. The third kappa shape index (κ3) is 2.99. The van der Waals surface area contributed by atoms with Crippen molar-refractivity contribution in [2.75, 3.05) is 12.4 Å². The summed E-state index contributed by atoms with van der Waals surface area (Å²) in [7, 11) is 1.80. The summed E-state index contributed by atoms with van der Waals surface area (Å²) >= 11 is 0. The Balaban J connectivity index is 1.59. The minimum atomic E-state index is 0.438. The first-order chi connectivity index (χ1) is 9.85. The van der Waals surface area contributed by atoms with E-state index < -0.39 is 0 Å². The molecular weight excluding hydrogens is 252 g/mol. The number of aromatic nitrogens is 3. The number of pyridine rings is 1. The van der Waals surface area contributed by atoms with Crippen molar-refractivity contribution in [2.24, 2.45) is 0 Å². The molecule has 0 spiro atoms. The molecule has 1 saturated carbocycles. The van der Waals surface area contributed by atoms with Gasteiger partial charge in [-0.1, -0.05) is 0 Å². The molecule has 1 N–H and O–H groups in total. The summed E-state index contributed by atoms with van der Waals surface area (Å²) in [6.45, 7) is 0. The molecule has 0 aliphatic heterocycles. The number of nitrogens with zero attached hydrogens (tertiary/aromatic N) is 3. The molecule has 0 aromatic carbocycles. The highest BCUT2D eigenvalue weighted by Gasteiger charge is 2.20. The van der Waals surface area contributed by atoms with Gasteiger partial charge < -0.3 is 10.1 Å². The third-order valence-electron chi connectivity index (χ3n) is 3.87. The number of ether oxygens (including phenoxy) is 1. The lowest BCUT2D eigenvalue weighted by atomic mass is 9.93. The molecule has 2 aromatic rings. The molecule has 0 radical (unpaired) electrons. The fraction of sp³-hybridized carbons (Fsp3) is 0.467. The van der Waals surface area contributed by atoms with Crippen LogP contribution in [0.15, 0.2) is 36.8 Å². The van der Waals surface area contributed by atoms with Crippen molar-refractivity contribution in [1.29, 1.82) is 0 Å². The summed E-state index contributed by atoms with van der Waals surface area (Å²) in [6.07, 6.45) is 10.5. The van der Waals surface area contributed by atoms with Crippen LogP contribution in [0.2, 0.25) is 0 Å². The molecule has 1 aliphatic rings. The molecule has 0 amide bonds.